The van der Waals surface area contributed by atoms with E-state index in [0.717, 1.165) is 31.4 Å². The molecule has 1 aliphatic carbocycles. The predicted octanol–water partition coefficient (Wildman–Crippen LogP) is 6.60. The summed E-state index contributed by atoms with van der Waals surface area (Å²) in [6, 6.07) is 3.70. The maximum atomic E-state index is 13.9. The molecule has 1 heterocycles. The highest BCUT2D eigenvalue weighted by Gasteiger charge is 2.65. The van der Waals surface area contributed by atoms with Gasteiger partial charge in [0, 0.05) is 5.69 Å². The SMILES string of the molecule is CCOP(=O)(OCC)C1N(C(=O)Nc2cccc(C(F)(F)F)c2)C2(CCCCC2)OC1(C)C. The number of nitrogens with one attached hydrogen (secondary N) is 1. The van der Waals surface area contributed by atoms with Gasteiger partial charge in [0.2, 0.25) is 0 Å². The van der Waals surface area contributed by atoms with E-state index in [1.807, 2.05) is 0 Å². The molecule has 3 rings (SSSR count). The van der Waals surface area contributed by atoms with Crippen LogP contribution in [-0.4, -0.2) is 41.3 Å². The van der Waals surface area contributed by atoms with Gasteiger partial charge in [0.15, 0.2) is 5.78 Å². The van der Waals surface area contributed by atoms with Crippen molar-refractivity contribution in [2.45, 2.75) is 83.1 Å². The summed E-state index contributed by atoms with van der Waals surface area (Å²) in [7, 11) is -3.87. The Kier molecular flexibility index (Phi) is 7.54. The van der Waals surface area contributed by atoms with Gasteiger partial charge in [0.1, 0.15) is 5.72 Å². The van der Waals surface area contributed by atoms with Crippen LogP contribution < -0.4 is 5.32 Å². The fraction of sp³-hybridized carbons (Fsp3) is 0.682. The highest BCUT2D eigenvalue weighted by molar-refractivity contribution is 7.54. The van der Waals surface area contributed by atoms with Crippen LogP contribution in [0.15, 0.2) is 24.3 Å². The number of benzene rings is 1. The van der Waals surface area contributed by atoms with Gasteiger partial charge in [-0.2, -0.15) is 13.2 Å². The summed E-state index contributed by atoms with van der Waals surface area (Å²) < 4.78 is 71.1. The van der Waals surface area contributed by atoms with Gasteiger partial charge in [0.25, 0.3) is 0 Å². The number of halogens is 3. The molecule has 2 amide bonds. The average Bonchev–Trinajstić information content (AvgIpc) is 2.95. The Bertz CT molecular complexity index is 892. The minimum atomic E-state index is -4.55. The maximum absolute atomic E-state index is 13.9. The molecule has 186 valence electrons. The van der Waals surface area contributed by atoms with Crippen molar-refractivity contribution in [1.82, 2.24) is 4.90 Å². The number of anilines is 1. The van der Waals surface area contributed by atoms with Crippen molar-refractivity contribution in [3.8, 4) is 0 Å². The van der Waals surface area contributed by atoms with Crippen molar-refractivity contribution < 1.29 is 36.3 Å². The minimum Gasteiger partial charge on any atom is -0.347 e. The van der Waals surface area contributed by atoms with Gasteiger partial charge in [-0.1, -0.05) is 12.5 Å². The third kappa shape index (κ3) is 5.24. The first-order valence-corrected chi connectivity index (χ1v) is 12.9. The van der Waals surface area contributed by atoms with Crippen molar-refractivity contribution in [3.63, 3.8) is 0 Å². The average molecular weight is 492 g/mol. The lowest BCUT2D eigenvalue weighted by Crippen LogP contribution is -2.54. The monoisotopic (exact) mass is 492 g/mol. The number of nitrogens with zero attached hydrogens (tertiary/aromatic N) is 1. The lowest BCUT2D eigenvalue weighted by Gasteiger charge is -2.42. The normalized spacial score (nSPS) is 22.5. The van der Waals surface area contributed by atoms with E-state index in [4.69, 9.17) is 13.8 Å². The van der Waals surface area contributed by atoms with Gasteiger partial charge in [-0.3, -0.25) is 9.46 Å². The number of rotatable bonds is 6. The van der Waals surface area contributed by atoms with Crippen molar-refractivity contribution in [3.05, 3.63) is 29.8 Å². The second-order valence-corrected chi connectivity index (χ2v) is 10.9. The molecule has 2 aliphatic rings. The zero-order valence-corrected chi connectivity index (χ0v) is 20.3. The van der Waals surface area contributed by atoms with Crippen molar-refractivity contribution in [2.75, 3.05) is 18.5 Å². The number of urea groups is 1. The molecule has 1 N–H and O–H groups in total. The number of ether oxygens (including phenoxy) is 1. The summed E-state index contributed by atoms with van der Waals surface area (Å²) in [5, 5.41) is 2.57. The van der Waals surface area contributed by atoms with Crippen LogP contribution in [0.4, 0.5) is 23.7 Å². The standard InChI is InChI=1S/C22H32F3N2O5P/c1-5-30-33(29,31-6-2)18-20(3,4)32-21(13-8-7-9-14-21)27(18)19(28)26-17-12-10-11-16(15-17)22(23,24)25/h10-12,15,18H,5-9,13-14H2,1-4H3,(H,26,28). The van der Waals surface area contributed by atoms with Crippen LogP contribution in [-0.2, 0) is 24.5 Å². The van der Waals surface area contributed by atoms with Crippen LogP contribution >= 0.6 is 7.60 Å². The Balaban J connectivity index is 2.04. The molecular formula is C22H32F3N2O5P. The first kappa shape index (κ1) is 26.0. The van der Waals surface area contributed by atoms with E-state index in [0.29, 0.717) is 12.8 Å². The lowest BCUT2D eigenvalue weighted by atomic mass is 9.91. The van der Waals surface area contributed by atoms with Gasteiger partial charge in [0.05, 0.1) is 24.4 Å². The molecule has 1 atom stereocenters. The molecule has 11 heteroatoms. The third-order valence-electron chi connectivity index (χ3n) is 5.97. The fourth-order valence-corrected chi connectivity index (χ4v) is 7.38. The Morgan fingerprint density at radius 1 is 1.18 bits per heavy atom. The topological polar surface area (TPSA) is 77.1 Å². The minimum absolute atomic E-state index is 0.0214. The van der Waals surface area contributed by atoms with Gasteiger partial charge < -0.3 is 19.1 Å². The van der Waals surface area contributed by atoms with Crippen molar-refractivity contribution in [1.29, 1.82) is 0 Å². The van der Waals surface area contributed by atoms with Crippen molar-refractivity contribution in [2.24, 2.45) is 0 Å². The molecule has 1 aromatic carbocycles. The number of hydrogen-bond donors (Lipinski definition) is 1. The van der Waals surface area contributed by atoms with Gasteiger partial charge in [-0.05, 0) is 71.6 Å². The molecule has 2 fully saturated rings. The van der Waals surface area contributed by atoms with Gasteiger partial charge in [-0.25, -0.2) is 4.79 Å². The Morgan fingerprint density at radius 3 is 2.33 bits per heavy atom. The molecule has 0 radical (unpaired) electrons. The van der Waals surface area contributed by atoms with Crippen LogP contribution in [0, 0.1) is 0 Å². The van der Waals surface area contributed by atoms with Crippen LogP contribution in [0.25, 0.3) is 0 Å². The number of hydrogen-bond acceptors (Lipinski definition) is 5. The third-order valence-corrected chi connectivity index (χ3v) is 8.66. The van der Waals surface area contributed by atoms with E-state index < -0.39 is 42.5 Å². The van der Waals surface area contributed by atoms with Crippen LogP contribution in [0.1, 0.15) is 65.4 Å². The molecule has 0 bridgehead atoms. The molecule has 1 saturated heterocycles. The molecule has 1 saturated carbocycles. The zero-order valence-electron chi connectivity index (χ0n) is 19.4. The predicted molar refractivity (Wildman–Crippen MR) is 118 cm³/mol. The van der Waals surface area contributed by atoms with E-state index in [-0.39, 0.29) is 18.9 Å². The van der Waals surface area contributed by atoms with E-state index >= 15 is 0 Å². The molecule has 33 heavy (non-hydrogen) atoms. The number of carbonyl (C=O) groups excluding carboxylic acids is 1. The summed E-state index contributed by atoms with van der Waals surface area (Å²) in [6.07, 6.45) is -0.962. The smallest absolute Gasteiger partial charge is 0.347 e. The van der Waals surface area contributed by atoms with E-state index in [1.165, 1.54) is 17.0 Å². The molecule has 1 aromatic rings. The van der Waals surface area contributed by atoms with E-state index in [2.05, 4.69) is 5.32 Å². The first-order valence-electron chi connectivity index (χ1n) is 11.2. The Morgan fingerprint density at radius 2 is 1.79 bits per heavy atom. The van der Waals surface area contributed by atoms with Crippen LogP contribution in [0.5, 0.6) is 0 Å². The first-order chi connectivity index (χ1) is 15.4. The highest BCUT2D eigenvalue weighted by Crippen LogP contribution is 2.64. The van der Waals surface area contributed by atoms with Gasteiger partial charge in [-0.15, -0.1) is 0 Å². The summed E-state index contributed by atoms with van der Waals surface area (Å²) in [5.41, 5.74) is -3.03. The largest absolute Gasteiger partial charge is 0.416 e. The number of carbonyl (C=O) groups is 1. The fourth-order valence-electron chi connectivity index (χ4n) is 4.89. The summed E-state index contributed by atoms with van der Waals surface area (Å²) in [4.78, 5) is 15.0. The quantitative estimate of drug-likeness (QED) is 0.453. The molecule has 1 unspecified atom stereocenters. The Labute approximate surface area is 192 Å². The van der Waals surface area contributed by atoms with E-state index in [1.54, 1.807) is 27.7 Å². The highest BCUT2D eigenvalue weighted by atomic mass is 31.2. The molecule has 1 aliphatic heterocycles. The van der Waals surface area contributed by atoms with E-state index in [9.17, 15) is 22.5 Å². The summed E-state index contributed by atoms with van der Waals surface area (Å²) in [6.45, 7) is 7.02. The maximum Gasteiger partial charge on any atom is 0.416 e. The van der Waals surface area contributed by atoms with Crippen LogP contribution in [0.3, 0.4) is 0 Å². The van der Waals surface area contributed by atoms with Gasteiger partial charge >= 0.3 is 19.8 Å². The lowest BCUT2D eigenvalue weighted by molar-refractivity contribution is -0.138. The second-order valence-electron chi connectivity index (χ2n) is 8.84. The number of amides is 2. The zero-order chi connectivity index (χ0) is 24.5. The number of alkyl halides is 3. The molecule has 1 spiro atoms. The van der Waals surface area contributed by atoms with Crippen molar-refractivity contribution >= 4 is 19.3 Å². The molecular weight excluding hydrogens is 460 g/mol. The Hall–Kier alpha value is -1.61. The second kappa shape index (κ2) is 9.56. The molecule has 0 aromatic heterocycles. The van der Waals surface area contributed by atoms with Crippen LogP contribution in [0.2, 0.25) is 0 Å². The summed E-state index contributed by atoms with van der Waals surface area (Å²) >= 11 is 0. The summed E-state index contributed by atoms with van der Waals surface area (Å²) in [5.74, 6) is -1.08. The molecule has 7 nitrogen and oxygen atoms in total.